The summed E-state index contributed by atoms with van der Waals surface area (Å²) in [4.78, 5) is 26.4. The molecular formula is C16H26N2O2S. The van der Waals surface area contributed by atoms with E-state index in [1.165, 1.54) is 32.1 Å². The molecule has 1 aliphatic carbocycles. The highest BCUT2D eigenvalue weighted by molar-refractivity contribution is 8.01. The molecule has 4 nitrogen and oxygen atoms in total. The molecule has 0 aromatic carbocycles. The van der Waals surface area contributed by atoms with Crippen molar-refractivity contribution < 1.29 is 9.59 Å². The number of nitrogens with one attached hydrogen (secondary N) is 1. The van der Waals surface area contributed by atoms with Gasteiger partial charge < -0.3 is 10.2 Å². The molecule has 1 saturated carbocycles. The Morgan fingerprint density at radius 2 is 1.90 bits per heavy atom. The van der Waals surface area contributed by atoms with Gasteiger partial charge in [0.1, 0.15) is 6.04 Å². The Kier molecular flexibility index (Phi) is 4.48. The van der Waals surface area contributed by atoms with E-state index in [0.717, 1.165) is 25.0 Å². The lowest BCUT2D eigenvalue weighted by Gasteiger charge is -2.31. The highest BCUT2D eigenvalue weighted by Gasteiger charge is 2.52. The summed E-state index contributed by atoms with van der Waals surface area (Å²) in [6.07, 6.45) is 9.99. The molecule has 0 unspecified atom stereocenters. The highest BCUT2D eigenvalue weighted by atomic mass is 32.2. The number of carbonyl (C=O) groups excluding carboxylic acids is 2. The van der Waals surface area contributed by atoms with Gasteiger partial charge in [-0.1, -0.05) is 32.1 Å². The molecule has 21 heavy (non-hydrogen) atoms. The van der Waals surface area contributed by atoms with Crippen LogP contribution < -0.4 is 5.32 Å². The number of hydrogen-bond acceptors (Lipinski definition) is 3. The SMILES string of the molecule is C[C@]12CCC(=O)N1[C@H](C(=O)NC1CCCCCCC1)CS2. The Bertz CT molecular complexity index is 421. The maximum atomic E-state index is 12.6. The van der Waals surface area contributed by atoms with Gasteiger partial charge in [0.25, 0.3) is 0 Å². The Hall–Kier alpha value is -0.710. The van der Waals surface area contributed by atoms with Crippen LogP contribution >= 0.6 is 11.8 Å². The molecule has 2 saturated heterocycles. The van der Waals surface area contributed by atoms with Gasteiger partial charge in [-0.25, -0.2) is 0 Å². The standard InChI is InChI=1S/C16H26N2O2S/c1-16-10-9-14(19)18(16)13(11-21-16)15(20)17-12-7-5-3-2-4-6-8-12/h12-13H,2-11H2,1H3,(H,17,20)/t13-,16-/m0/s1. The third-order valence-electron chi connectivity index (χ3n) is 5.20. The van der Waals surface area contributed by atoms with Crippen LogP contribution in [0.3, 0.4) is 0 Å². The first-order valence-electron chi connectivity index (χ1n) is 8.37. The normalized spacial score (nSPS) is 34.4. The molecule has 0 radical (unpaired) electrons. The molecule has 1 N–H and O–H groups in total. The summed E-state index contributed by atoms with van der Waals surface area (Å²) in [7, 11) is 0. The average Bonchev–Trinajstić information content (AvgIpc) is 2.90. The maximum Gasteiger partial charge on any atom is 0.243 e. The number of hydrogen-bond donors (Lipinski definition) is 1. The van der Waals surface area contributed by atoms with E-state index >= 15 is 0 Å². The number of thioether (sulfide) groups is 1. The summed E-state index contributed by atoms with van der Waals surface area (Å²) >= 11 is 1.77. The molecule has 2 atom stereocenters. The predicted molar refractivity (Wildman–Crippen MR) is 85.0 cm³/mol. The van der Waals surface area contributed by atoms with Crippen LogP contribution in [0, 0.1) is 0 Å². The Morgan fingerprint density at radius 1 is 1.24 bits per heavy atom. The van der Waals surface area contributed by atoms with E-state index in [2.05, 4.69) is 12.2 Å². The minimum absolute atomic E-state index is 0.0760. The van der Waals surface area contributed by atoms with Crippen LogP contribution in [-0.2, 0) is 9.59 Å². The van der Waals surface area contributed by atoms with Crippen LogP contribution in [0.15, 0.2) is 0 Å². The fourth-order valence-corrected chi connectivity index (χ4v) is 5.34. The Morgan fingerprint density at radius 3 is 2.62 bits per heavy atom. The number of fused-ring (bicyclic) bond motifs is 1. The molecular weight excluding hydrogens is 284 g/mol. The van der Waals surface area contributed by atoms with Crippen molar-refractivity contribution in [1.82, 2.24) is 10.2 Å². The van der Waals surface area contributed by atoms with Crippen molar-refractivity contribution in [3.05, 3.63) is 0 Å². The smallest absolute Gasteiger partial charge is 0.243 e. The zero-order valence-corrected chi connectivity index (χ0v) is 13.7. The van der Waals surface area contributed by atoms with Crippen LogP contribution in [-0.4, -0.2) is 39.4 Å². The summed E-state index contributed by atoms with van der Waals surface area (Å²) in [6.45, 7) is 2.10. The number of nitrogens with zero attached hydrogens (tertiary/aromatic N) is 1. The van der Waals surface area contributed by atoms with Gasteiger partial charge in [0.2, 0.25) is 11.8 Å². The molecule has 5 heteroatoms. The monoisotopic (exact) mass is 310 g/mol. The lowest BCUT2D eigenvalue weighted by atomic mass is 9.96. The Labute approximate surface area is 131 Å². The number of amides is 2. The van der Waals surface area contributed by atoms with Gasteiger partial charge in [0, 0.05) is 18.2 Å². The fraction of sp³-hybridized carbons (Fsp3) is 0.875. The van der Waals surface area contributed by atoms with Crippen molar-refractivity contribution in [3.8, 4) is 0 Å². The van der Waals surface area contributed by atoms with E-state index in [0.29, 0.717) is 12.5 Å². The fourth-order valence-electron chi connectivity index (χ4n) is 3.91. The van der Waals surface area contributed by atoms with Gasteiger partial charge >= 0.3 is 0 Å². The third kappa shape index (κ3) is 3.08. The van der Waals surface area contributed by atoms with Gasteiger partial charge in [0.05, 0.1) is 4.87 Å². The van der Waals surface area contributed by atoms with Gasteiger partial charge in [0.15, 0.2) is 0 Å². The summed E-state index contributed by atoms with van der Waals surface area (Å²) in [5, 5.41) is 3.23. The van der Waals surface area contributed by atoms with Gasteiger partial charge in [-0.05, 0) is 26.2 Å². The second-order valence-corrected chi connectivity index (χ2v) is 8.32. The van der Waals surface area contributed by atoms with Crippen LogP contribution in [0.1, 0.15) is 64.7 Å². The average molecular weight is 310 g/mol. The van der Waals surface area contributed by atoms with E-state index in [9.17, 15) is 9.59 Å². The van der Waals surface area contributed by atoms with E-state index in [4.69, 9.17) is 0 Å². The molecule has 2 aliphatic heterocycles. The molecule has 3 aliphatic rings. The second-order valence-electron chi connectivity index (χ2n) is 6.82. The molecule has 2 heterocycles. The minimum Gasteiger partial charge on any atom is -0.352 e. The van der Waals surface area contributed by atoms with Crippen molar-refractivity contribution in [2.45, 2.75) is 81.7 Å². The topological polar surface area (TPSA) is 49.4 Å². The maximum absolute atomic E-state index is 12.6. The summed E-state index contributed by atoms with van der Waals surface area (Å²) < 4.78 is 0. The third-order valence-corrected chi connectivity index (χ3v) is 6.70. The predicted octanol–water partition coefficient (Wildman–Crippen LogP) is 2.67. The van der Waals surface area contributed by atoms with E-state index in [-0.39, 0.29) is 22.7 Å². The first-order chi connectivity index (χ1) is 10.1. The Balaban J connectivity index is 1.61. The van der Waals surface area contributed by atoms with Crippen LogP contribution in [0.25, 0.3) is 0 Å². The summed E-state index contributed by atoms with van der Waals surface area (Å²) in [6, 6.07) is 0.0628. The number of rotatable bonds is 2. The van der Waals surface area contributed by atoms with Crippen molar-refractivity contribution in [2.24, 2.45) is 0 Å². The lowest BCUT2D eigenvalue weighted by Crippen LogP contribution is -2.52. The van der Waals surface area contributed by atoms with Crippen molar-refractivity contribution in [3.63, 3.8) is 0 Å². The molecule has 2 amide bonds. The van der Waals surface area contributed by atoms with E-state index in [1.807, 2.05) is 4.90 Å². The van der Waals surface area contributed by atoms with E-state index in [1.54, 1.807) is 11.8 Å². The lowest BCUT2D eigenvalue weighted by molar-refractivity contribution is -0.138. The summed E-state index contributed by atoms with van der Waals surface area (Å²) in [5.41, 5.74) is 0. The molecule has 0 aromatic heterocycles. The zero-order chi connectivity index (χ0) is 14.9. The van der Waals surface area contributed by atoms with Crippen molar-refractivity contribution >= 4 is 23.6 Å². The van der Waals surface area contributed by atoms with Gasteiger partial charge in [-0.15, -0.1) is 11.8 Å². The quantitative estimate of drug-likeness (QED) is 0.853. The molecule has 3 fully saturated rings. The zero-order valence-electron chi connectivity index (χ0n) is 12.9. The van der Waals surface area contributed by atoms with Crippen molar-refractivity contribution in [1.29, 1.82) is 0 Å². The molecule has 0 spiro atoms. The molecule has 0 aromatic rings. The highest BCUT2D eigenvalue weighted by Crippen LogP contribution is 2.47. The number of carbonyl (C=O) groups is 2. The van der Waals surface area contributed by atoms with Crippen LogP contribution in [0.5, 0.6) is 0 Å². The minimum atomic E-state index is -0.250. The van der Waals surface area contributed by atoms with Crippen LogP contribution in [0.2, 0.25) is 0 Å². The second kappa shape index (κ2) is 6.19. The first kappa shape index (κ1) is 15.2. The van der Waals surface area contributed by atoms with Gasteiger partial charge in [-0.2, -0.15) is 0 Å². The van der Waals surface area contributed by atoms with Crippen LogP contribution in [0.4, 0.5) is 0 Å². The molecule has 118 valence electrons. The molecule has 3 rings (SSSR count). The largest absolute Gasteiger partial charge is 0.352 e. The summed E-state index contributed by atoms with van der Waals surface area (Å²) in [5.74, 6) is 0.980. The van der Waals surface area contributed by atoms with Gasteiger partial charge in [-0.3, -0.25) is 9.59 Å². The van der Waals surface area contributed by atoms with Crippen molar-refractivity contribution in [2.75, 3.05) is 5.75 Å². The molecule has 0 bridgehead atoms. The van der Waals surface area contributed by atoms with E-state index < -0.39 is 0 Å². The first-order valence-corrected chi connectivity index (χ1v) is 9.35.